The Morgan fingerprint density at radius 1 is 1.32 bits per heavy atom. The maximum atomic E-state index is 13.1. The Balaban J connectivity index is 1.85. The quantitative estimate of drug-likeness (QED) is 0.775. The summed E-state index contributed by atoms with van der Waals surface area (Å²) in [5, 5.41) is 2.23. The summed E-state index contributed by atoms with van der Waals surface area (Å²) >= 11 is 5.90. The Morgan fingerprint density at radius 3 is 2.71 bits per heavy atom. The lowest BCUT2D eigenvalue weighted by Crippen LogP contribution is -2.39. The van der Waals surface area contributed by atoms with Gasteiger partial charge in [-0.1, -0.05) is 23.7 Å². The molecule has 1 amide bonds. The van der Waals surface area contributed by atoms with Crippen LogP contribution in [0.5, 0.6) is 0 Å². The van der Waals surface area contributed by atoms with Crippen LogP contribution in [0, 0.1) is 0 Å². The Bertz CT molecular complexity index is 829. The number of nitrogens with zero attached hydrogens (tertiary/aromatic N) is 2. The van der Waals surface area contributed by atoms with Gasteiger partial charge >= 0.3 is 6.18 Å². The van der Waals surface area contributed by atoms with E-state index in [-0.39, 0.29) is 5.56 Å². The lowest BCUT2D eigenvalue weighted by Gasteiger charge is -2.27. The third-order valence-electron chi connectivity index (χ3n) is 5.01. The van der Waals surface area contributed by atoms with E-state index in [1.54, 1.807) is 18.3 Å². The zero-order valence-electron chi connectivity index (χ0n) is 15.3. The molecule has 1 aromatic heterocycles. The molecular weight excluding hydrogens is 391 g/mol. The molecule has 2 aromatic rings. The van der Waals surface area contributed by atoms with Gasteiger partial charge in [0.15, 0.2) is 0 Å². The van der Waals surface area contributed by atoms with Crippen LogP contribution < -0.4 is 5.32 Å². The summed E-state index contributed by atoms with van der Waals surface area (Å²) in [6.45, 7) is 3.55. The molecule has 1 aliphatic heterocycles. The second-order valence-corrected chi connectivity index (χ2v) is 7.31. The van der Waals surface area contributed by atoms with Crippen molar-refractivity contribution in [3.05, 3.63) is 64.4 Å². The normalized spacial score (nSPS) is 18.8. The second-order valence-electron chi connectivity index (χ2n) is 6.93. The fourth-order valence-electron chi connectivity index (χ4n) is 3.46. The van der Waals surface area contributed by atoms with E-state index in [1.165, 1.54) is 12.1 Å². The number of hydrogen-bond donors (Lipinski definition) is 1. The number of rotatable bonds is 5. The SMILES string of the molecule is CC1CCCN1CC(NC(=O)c1cccc(C(F)(F)F)c1Cl)c1ccccn1. The van der Waals surface area contributed by atoms with Gasteiger partial charge < -0.3 is 5.32 Å². The maximum absolute atomic E-state index is 13.1. The number of hydrogen-bond acceptors (Lipinski definition) is 3. The van der Waals surface area contributed by atoms with E-state index in [9.17, 15) is 18.0 Å². The second kappa shape index (κ2) is 8.49. The van der Waals surface area contributed by atoms with Gasteiger partial charge in [-0.3, -0.25) is 14.7 Å². The minimum atomic E-state index is -4.63. The van der Waals surface area contributed by atoms with Crippen LogP contribution in [0.25, 0.3) is 0 Å². The third kappa shape index (κ3) is 4.64. The lowest BCUT2D eigenvalue weighted by molar-refractivity contribution is -0.137. The Hall–Kier alpha value is -2.12. The minimum Gasteiger partial charge on any atom is -0.342 e. The van der Waals surface area contributed by atoms with E-state index >= 15 is 0 Å². The van der Waals surface area contributed by atoms with E-state index in [2.05, 4.69) is 22.1 Å². The molecule has 1 fully saturated rings. The number of nitrogens with one attached hydrogen (secondary N) is 1. The average molecular weight is 412 g/mol. The molecule has 2 unspecified atom stereocenters. The molecule has 2 atom stereocenters. The molecule has 0 bridgehead atoms. The molecule has 3 rings (SSSR count). The average Bonchev–Trinajstić information content (AvgIpc) is 3.05. The van der Waals surface area contributed by atoms with Crippen molar-refractivity contribution in [2.24, 2.45) is 0 Å². The number of aromatic nitrogens is 1. The standard InChI is InChI=1S/C20H21ClF3N3O/c1-13-6-5-11-27(13)12-17(16-9-2-3-10-25-16)26-19(28)14-7-4-8-15(18(14)21)20(22,23)24/h2-4,7-10,13,17H,5-6,11-12H2,1H3,(H,26,28). The number of benzene rings is 1. The number of carbonyl (C=O) groups is 1. The number of amides is 1. The van der Waals surface area contributed by atoms with Crippen LogP contribution in [0.15, 0.2) is 42.6 Å². The first-order valence-corrected chi connectivity index (χ1v) is 9.46. The van der Waals surface area contributed by atoms with Crippen LogP contribution in [0.1, 0.15) is 47.4 Å². The van der Waals surface area contributed by atoms with Crippen LogP contribution in [-0.4, -0.2) is 34.9 Å². The summed E-state index contributed by atoms with van der Waals surface area (Å²) in [7, 11) is 0. The van der Waals surface area contributed by atoms with Crippen molar-refractivity contribution < 1.29 is 18.0 Å². The van der Waals surface area contributed by atoms with Crippen molar-refractivity contribution in [3.8, 4) is 0 Å². The van der Waals surface area contributed by atoms with Crippen LogP contribution in [0.2, 0.25) is 5.02 Å². The molecule has 4 nitrogen and oxygen atoms in total. The topological polar surface area (TPSA) is 45.2 Å². The molecule has 1 aromatic carbocycles. The van der Waals surface area contributed by atoms with E-state index in [1.807, 2.05) is 6.07 Å². The Morgan fingerprint density at radius 2 is 2.11 bits per heavy atom. The van der Waals surface area contributed by atoms with Crippen LogP contribution in [0.4, 0.5) is 13.2 Å². The molecular formula is C20H21ClF3N3O. The van der Waals surface area contributed by atoms with E-state index in [4.69, 9.17) is 11.6 Å². The highest BCUT2D eigenvalue weighted by Crippen LogP contribution is 2.36. The van der Waals surface area contributed by atoms with Crippen LogP contribution >= 0.6 is 11.6 Å². The molecule has 0 radical (unpaired) electrons. The molecule has 2 heterocycles. The fraction of sp³-hybridized carbons (Fsp3) is 0.400. The van der Waals surface area contributed by atoms with Crippen molar-refractivity contribution in [2.45, 2.75) is 38.0 Å². The smallest absolute Gasteiger partial charge is 0.342 e. The monoisotopic (exact) mass is 411 g/mol. The zero-order valence-corrected chi connectivity index (χ0v) is 16.1. The molecule has 150 valence electrons. The first-order valence-electron chi connectivity index (χ1n) is 9.09. The van der Waals surface area contributed by atoms with Crippen LogP contribution in [0.3, 0.4) is 0 Å². The largest absolute Gasteiger partial charge is 0.417 e. The predicted octanol–water partition coefficient (Wildman–Crippen LogP) is 4.71. The Kier molecular flexibility index (Phi) is 6.25. The summed E-state index contributed by atoms with van der Waals surface area (Å²) in [5.41, 5.74) is -0.575. The molecule has 0 spiro atoms. The summed E-state index contributed by atoms with van der Waals surface area (Å²) in [4.78, 5) is 19.3. The third-order valence-corrected chi connectivity index (χ3v) is 5.41. The number of carbonyl (C=O) groups excluding carboxylic acids is 1. The van der Waals surface area contributed by atoms with Gasteiger partial charge in [-0.15, -0.1) is 0 Å². The molecule has 0 aliphatic carbocycles. The Labute approximate surface area is 166 Å². The summed E-state index contributed by atoms with van der Waals surface area (Å²) < 4.78 is 39.3. The number of halogens is 4. The van der Waals surface area contributed by atoms with E-state index < -0.39 is 28.7 Å². The molecule has 1 saturated heterocycles. The van der Waals surface area contributed by atoms with Gasteiger partial charge in [0.1, 0.15) is 0 Å². The zero-order chi connectivity index (χ0) is 20.3. The van der Waals surface area contributed by atoms with Gasteiger partial charge in [0.2, 0.25) is 0 Å². The summed E-state index contributed by atoms with van der Waals surface area (Å²) in [6.07, 6.45) is -0.857. The summed E-state index contributed by atoms with van der Waals surface area (Å²) in [6, 6.07) is 8.63. The first-order chi connectivity index (χ1) is 13.3. The van der Waals surface area contributed by atoms with E-state index in [0.29, 0.717) is 18.3 Å². The number of likely N-dealkylation sites (tertiary alicyclic amines) is 1. The van der Waals surface area contributed by atoms with Gasteiger partial charge in [0, 0.05) is 18.8 Å². The van der Waals surface area contributed by atoms with E-state index in [0.717, 1.165) is 25.5 Å². The number of pyridine rings is 1. The van der Waals surface area contributed by atoms with Crippen molar-refractivity contribution in [1.29, 1.82) is 0 Å². The molecule has 1 aliphatic rings. The molecule has 8 heteroatoms. The van der Waals surface area contributed by atoms with Crippen molar-refractivity contribution in [1.82, 2.24) is 15.2 Å². The molecule has 28 heavy (non-hydrogen) atoms. The van der Waals surface area contributed by atoms with Gasteiger partial charge in [-0.25, -0.2) is 0 Å². The van der Waals surface area contributed by atoms with Crippen molar-refractivity contribution >= 4 is 17.5 Å². The van der Waals surface area contributed by atoms with Gasteiger partial charge in [0.05, 0.1) is 27.9 Å². The lowest BCUT2D eigenvalue weighted by atomic mass is 10.1. The minimum absolute atomic E-state index is 0.202. The molecule has 0 saturated carbocycles. The first kappa shape index (κ1) is 20.6. The highest BCUT2D eigenvalue weighted by molar-refractivity contribution is 6.34. The molecule has 1 N–H and O–H groups in total. The van der Waals surface area contributed by atoms with Crippen molar-refractivity contribution in [2.75, 3.05) is 13.1 Å². The van der Waals surface area contributed by atoms with Gasteiger partial charge in [-0.05, 0) is 50.6 Å². The van der Waals surface area contributed by atoms with Crippen LogP contribution in [-0.2, 0) is 6.18 Å². The van der Waals surface area contributed by atoms with Gasteiger partial charge in [0.25, 0.3) is 5.91 Å². The summed E-state index contributed by atoms with van der Waals surface area (Å²) in [5.74, 6) is -0.654. The predicted molar refractivity (Wildman–Crippen MR) is 101 cm³/mol. The highest BCUT2D eigenvalue weighted by atomic mass is 35.5. The maximum Gasteiger partial charge on any atom is 0.417 e. The highest BCUT2D eigenvalue weighted by Gasteiger charge is 2.35. The van der Waals surface area contributed by atoms with Crippen molar-refractivity contribution in [3.63, 3.8) is 0 Å². The fourth-order valence-corrected chi connectivity index (χ4v) is 3.77. The number of alkyl halides is 3. The van der Waals surface area contributed by atoms with Gasteiger partial charge in [-0.2, -0.15) is 13.2 Å².